The standard InChI is InChI=1S/C30H24O6/c1-19(31)22-4-10-25(11-5-22)34-28-16-29(35-26-12-6-23(7-13-26)20(2)32)18-30(17-28)36-27-14-8-24(9-15-27)21(3)33/h4-18H,1-3H3. The summed E-state index contributed by atoms with van der Waals surface area (Å²) < 4.78 is 18.0. The molecule has 0 aromatic heterocycles. The number of hydrogen-bond acceptors (Lipinski definition) is 6. The van der Waals surface area contributed by atoms with Crippen molar-refractivity contribution in [1.29, 1.82) is 0 Å². The molecule has 6 heteroatoms. The van der Waals surface area contributed by atoms with Crippen LogP contribution in [0.15, 0.2) is 91.0 Å². The number of rotatable bonds is 9. The number of carbonyl (C=O) groups excluding carboxylic acids is 3. The van der Waals surface area contributed by atoms with Crippen molar-refractivity contribution >= 4 is 17.3 Å². The van der Waals surface area contributed by atoms with E-state index >= 15 is 0 Å². The van der Waals surface area contributed by atoms with Crippen LogP contribution in [0.1, 0.15) is 51.8 Å². The molecule has 0 aliphatic rings. The Hall–Kier alpha value is -4.71. The second-order valence-corrected chi connectivity index (χ2v) is 8.19. The quantitative estimate of drug-likeness (QED) is 0.229. The summed E-state index contributed by atoms with van der Waals surface area (Å²) in [5.41, 5.74) is 1.77. The number of ketones is 3. The third kappa shape index (κ3) is 6.24. The summed E-state index contributed by atoms with van der Waals surface area (Å²) in [6.45, 7) is 4.52. The summed E-state index contributed by atoms with van der Waals surface area (Å²) >= 11 is 0. The van der Waals surface area contributed by atoms with Crippen molar-refractivity contribution in [3.05, 3.63) is 108 Å². The van der Waals surface area contributed by atoms with Crippen LogP contribution >= 0.6 is 0 Å². The molecule has 0 aliphatic carbocycles. The van der Waals surface area contributed by atoms with Crippen LogP contribution in [-0.4, -0.2) is 17.3 Å². The molecule has 0 heterocycles. The third-order valence-electron chi connectivity index (χ3n) is 5.34. The molecule has 4 rings (SSSR count). The number of carbonyl (C=O) groups is 3. The van der Waals surface area contributed by atoms with Crippen LogP contribution in [0, 0.1) is 0 Å². The van der Waals surface area contributed by atoms with Crippen molar-refractivity contribution in [3.8, 4) is 34.5 Å². The SMILES string of the molecule is CC(=O)c1ccc(Oc2cc(Oc3ccc(C(C)=O)cc3)cc(Oc3ccc(C(C)=O)cc3)c2)cc1. The molecular formula is C30H24O6. The maximum atomic E-state index is 11.6. The normalized spacial score (nSPS) is 10.4. The van der Waals surface area contributed by atoms with Crippen LogP contribution in [0.25, 0.3) is 0 Å². The first kappa shape index (κ1) is 24.4. The molecule has 0 saturated carbocycles. The van der Waals surface area contributed by atoms with E-state index in [1.165, 1.54) is 20.8 Å². The molecular weight excluding hydrogens is 456 g/mol. The molecule has 0 aliphatic heterocycles. The number of Topliss-reactive ketones (excluding diaryl/α,β-unsaturated/α-hetero) is 3. The van der Waals surface area contributed by atoms with E-state index in [0.29, 0.717) is 51.2 Å². The van der Waals surface area contributed by atoms with Crippen molar-refractivity contribution in [2.75, 3.05) is 0 Å². The zero-order valence-electron chi connectivity index (χ0n) is 20.1. The zero-order chi connectivity index (χ0) is 25.7. The van der Waals surface area contributed by atoms with Crippen LogP contribution in [0.4, 0.5) is 0 Å². The highest BCUT2D eigenvalue weighted by molar-refractivity contribution is 5.95. The molecule has 6 nitrogen and oxygen atoms in total. The van der Waals surface area contributed by atoms with E-state index in [1.54, 1.807) is 91.0 Å². The van der Waals surface area contributed by atoms with Gasteiger partial charge in [0.25, 0.3) is 0 Å². The smallest absolute Gasteiger partial charge is 0.159 e. The lowest BCUT2D eigenvalue weighted by Crippen LogP contribution is -1.94. The van der Waals surface area contributed by atoms with Crippen molar-refractivity contribution < 1.29 is 28.6 Å². The first-order chi connectivity index (χ1) is 17.3. The minimum Gasteiger partial charge on any atom is -0.457 e. The lowest BCUT2D eigenvalue weighted by molar-refractivity contribution is 0.100. The first-order valence-corrected chi connectivity index (χ1v) is 11.3. The minimum atomic E-state index is -0.0285. The molecule has 4 aromatic rings. The lowest BCUT2D eigenvalue weighted by Gasteiger charge is -2.13. The van der Waals surface area contributed by atoms with Crippen LogP contribution in [0.2, 0.25) is 0 Å². The third-order valence-corrected chi connectivity index (χ3v) is 5.34. The second kappa shape index (κ2) is 10.7. The molecule has 36 heavy (non-hydrogen) atoms. The number of benzene rings is 4. The average Bonchev–Trinajstić information content (AvgIpc) is 2.85. The monoisotopic (exact) mass is 480 g/mol. The molecule has 0 spiro atoms. The van der Waals surface area contributed by atoms with Crippen LogP contribution < -0.4 is 14.2 Å². The molecule has 0 amide bonds. The van der Waals surface area contributed by atoms with E-state index in [1.807, 2.05) is 0 Å². The van der Waals surface area contributed by atoms with Crippen molar-refractivity contribution in [2.45, 2.75) is 20.8 Å². The van der Waals surface area contributed by atoms with E-state index in [9.17, 15) is 14.4 Å². The summed E-state index contributed by atoms with van der Waals surface area (Å²) in [6.07, 6.45) is 0. The molecule has 0 fully saturated rings. The fraction of sp³-hybridized carbons (Fsp3) is 0.100. The second-order valence-electron chi connectivity index (χ2n) is 8.19. The van der Waals surface area contributed by atoms with Gasteiger partial charge in [-0.3, -0.25) is 14.4 Å². The molecule has 4 aromatic carbocycles. The van der Waals surface area contributed by atoms with Crippen molar-refractivity contribution in [1.82, 2.24) is 0 Å². The predicted molar refractivity (Wildman–Crippen MR) is 136 cm³/mol. The van der Waals surface area contributed by atoms with Crippen molar-refractivity contribution in [3.63, 3.8) is 0 Å². The Bertz CT molecular complexity index is 1210. The summed E-state index contributed by atoms with van der Waals surface area (Å²) in [5, 5.41) is 0. The predicted octanol–water partition coefficient (Wildman–Crippen LogP) is 7.67. The summed E-state index contributed by atoms with van der Waals surface area (Å²) in [4.78, 5) is 34.7. The lowest BCUT2D eigenvalue weighted by atomic mass is 10.1. The minimum absolute atomic E-state index is 0.0285. The molecule has 0 bridgehead atoms. The van der Waals surface area contributed by atoms with Gasteiger partial charge in [0.1, 0.15) is 34.5 Å². The van der Waals surface area contributed by atoms with E-state index < -0.39 is 0 Å². The number of ether oxygens (including phenoxy) is 3. The topological polar surface area (TPSA) is 78.9 Å². The fourth-order valence-corrected chi connectivity index (χ4v) is 3.40. The Morgan fingerprint density at radius 1 is 0.389 bits per heavy atom. The van der Waals surface area contributed by atoms with Gasteiger partial charge in [-0.15, -0.1) is 0 Å². The number of hydrogen-bond donors (Lipinski definition) is 0. The van der Waals surface area contributed by atoms with Gasteiger partial charge < -0.3 is 14.2 Å². The van der Waals surface area contributed by atoms with E-state index in [-0.39, 0.29) is 17.3 Å². The summed E-state index contributed by atoms with van der Waals surface area (Å²) in [5.74, 6) is 2.91. The van der Waals surface area contributed by atoms with Crippen LogP contribution in [0.3, 0.4) is 0 Å². The van der Waals surface area contributed by atoms with Gasteiger partial charge in [0, 0.05) is 34.9 Å². The maximum absolute atomic E-state index is 11.6. The Balaban J connectivity index is 1.62. The zero-order valence-corrected chi connectivity index (χ0v) is 20.1. The van der Waals surface area contributed by atoms with Gasteiger partial charge in [-0.2, -0.15) is 0 Å². The van der Waals surface area contributed by atoms with E-state index in [0.717, 1.165) is 0 Å². The van der Waals surface area contributed by atoms with Gasteiger partial charge >= 0.3 is 0 Å². The molecule has 0 N–H and O–H groups in total. The van der Waals surface area contributed by atoms with Gasteiger partial charge in [0.05, 0.1) is 0 Å². The highest BCUT2D eigenvalue weighted by atomic mass is 16.5. The van der Waals surface area contributed by atoms with E-state index in [4.69, 9.17) is 14.2 Å². The largest absolute Gasteiger partial charge is 0.457 e. The highest BCUT2D eigenvalue weighted by Crippen LogP contribution is 2.35. The average molecular weight is 481 g/mol. The van der Waals surface area contributed by atoms with Crippen LogP contribution in [0.5, 0.6) is 34.5 Å². The molecule has 0 radical (unpaired) electrons. The van der Waals surface area contributed by atoms with Gasteiger partial charge in [-0.25, -0.2) is 0 Å². The van der Waals surface area contributed by atoms with Gasteiger partial charge in [0.15, 0.2) is 17.3 Å². The Morgan fingerprint density at radius 3 is 0.806 bits per heavy atom. The fourth-order valence-electron chi connectivity index (χ4n) is 3.40. The summed E-state index contributed by atoms with van der Waals surface area (Å²) in [7, 11) is 0. The van der Waals surface area contributed by atoms with Crippen LogP contribution in [-0.2, 0) is 0 Å². The molecule has 0 unspecified atom stereocenters. The van der Waals surface area contributed by atoms with E-state index in [2.05, 4.69) is 0 Å². The van der Waals surface area contributed by atoms with Gasteiger partial charge in [0.2, 0.25) is 0 Å². The Labute approximate surface area is 209 Å². The maximum Gasteiger partial charge on any atom is 0.159 e. The Kier molecular flexibility index (Phi) is 7.25. The molecule has 0 atom stereocenters. The van der Waals surface area contributed by atoms with Gasteiger partial charge in [-0.1, -0.05) is 0 Å². The molecule has 0 saturated heterocycles. The molecule has 180 valence electrons. The highest BCUT2D eigenvalue weighted by Gasteiger charge is 2.10. The first-order valence-electron chi connectivity index (χ1n) is 11.3. The summed E-state index contributed by atoms with van der Waals surface area (Å²) in [6, 6.07) is 25.6. The Morgan fingerprint density at radius 2 is 0.611 bits per heavy atom. The van der Waals surface area contributed by atoms with Gasteiger partial charge in [-0.05, 0) is 93.6 Å². The van der Waals surface area contributed by atoms with Crippen molar-refractivity contribution in [2.24, 2.45) is 0 Å².